The van der Waals surface area contributed by atoms with Crippen LogP contribution in [0.15, 0.2) is 0 Å². The SMILES string of the molecule is [2H]N(C(=O)[C@@H](C)O[C@H]1[C@H](O)[C@@H](COC(=O)C[C@@H](CCCCCCCCCCC)OC(=O)CCCCCCCCCCCCC)OC(OC(=O)CCCCCCCCCCCCC)[C@@H]1NC(C)=O)[C@@H](C)C(=O)N[C@@H](CCC(=O)O)C(N)=O. The van der Waals surface area contributed by atoms with Crippen LogP contribution < -0.4 is 21.7 Å². The smallest absolute Gasteiger partial charge is 0.309 e. The van der Waals surface area contributed by atoms with E-state index in [1.165, 1.54) is 130 Å². The highest BCUT2D eigenvalue weighted by atomic mass is 16.7. The van der Waals surface area contributed by atoms with Crippen molar-refractivity contribution >= 4 is 47.5 Å². The van der Waals surface area contributed by atoms with Crippen LogP contribution in [0, 0.1) is 0 Å². The molecule has 0 radical (unpaired) electrons. The van der Waals surface area contributed by atoms with Crippen molar-refractivity contribution in [2.75, 3.05) is 6.61 Å². The second-order valence-electron chi connectivity index (χ2n) is 22.2. The number of esters is 3. The molecule has 1 saturated heterocycles. The van der Waals surface area contributed by atoms with Gasteiger partial charge in [-0.1, -0.05) is 201 Å². The van der Waals surface area contributed by atoms with Gasteiger partial charge in [-0.05, 0) is 46.0 Å². The molecule has 0 spiro atoms. The number of aliphatic carboxylic acids is 1. The first-order chi connectivity index (χ1) is 38.9. The average Bonchev–Trinajstić information content (AvgIpc) is 3.43. The summed E-state index contributed by atoms with van der Waals surface area (Å²) in [4.78, 5) is 103. The third-order valence-corrected chi connectivity index (χ3v) is 14.7. The highest BCUT2D eigenvalue weighted by Crippen LogP contribution is 2.28. The standard InChI is InChI=1S/C61H110N4O15/c1-7-10-13-16-19-22-24-27-30-33-36-39-52(69)78-48(38-35-32-29-26-21-18-15-12-9-3)43-54(71)76-44-50-56(72)57(77-46(5)60(75)63-45(4)59(74)65-49(58(62)73)41-42-51(67)68)55(64-47(6)66)61(79-50)80-53(70)40-37-34-31-28-25-23-20-17-14-11-8-2/h45-46,48-50,55-57,61,72H,7-44H2,1-6H3,(H2,62,73)(H,63,75)(H,64,66)(H,65,74)(H,67,68)/t45-,46+,48+,49-,50+,55+,56+,57+,61?/m0/s1/i/hD. The van der Waals surface area contributed by atoms with Crippen molar-refractivity contribution in [3.63, 3.8) is 0 Å². The molecule has 0 saturated carbocycles. The van der Waals surface area contributed by atoms with Gasteiger partial charge in [0.2, 0.25) is 29.9 Å². The van der Waals surface area contributed by atoms with E-state index in [1.807, 2.05) is 0 Å². The number of carbonyl (C=O) groups excluding carboxylic acids is 7. The lowest BCUT2D eigenvalue weighted by Crippen LogP contribution is -2.66. The summed E-state index contributed by atoms with van der Waals surface area (Å²) in [7, 11) is 0. The van der Waals surface area contributed by atoms with Gasteiger partial charge in [-0.25, -0.2) is 0 Å². The quantitative estimate of drug-likeness (QED) is 0.0188. The summed E-state index contributed by atoms with van der Waals surface area (Å²) in [5.74, 6) is -6.82. The van der Waals surface area contributed by atoms with Gasteiger partial charge in [0.05, 0.1) is 6.42 Å². The van der Waals surface area contributed by atoms with Gasteiger partial charge in [0.1, 0.15) is 55.3 Å². The van der Waals surface area contributed by atoms with Crippen molar-refractivity contribution in [2.45, 2.75) is 334 Å². The Morgan fingerprint density at radius 1 is 0.600 bits per heavy atom. The molecule has 1 fully saturated rings. The number of unbranched alkanes of at least 4 members (excludes halogenated alkanes) is 28. The topological polar surface area (TPSA) is 285 Å². The van der Waals surface area contributed by atoms with E-state index in [9.17, 15) is 43.5 Å². The number of carbonyl (C=O) groups is 8. The van der Waals surface area contributed by atoms with E-state index < -0.39 is 109 Å². The number of aliphatic hydroxyl groups excluding tert-OH is 1. The van der Waals surface area contributed by atoms with E-state index in [2.05, 4.69) is 31.4 Å². The molecule has 9 atom stereocenters. The summed E-state index contributed by atoms with van der Waals surface area (Å²) in [5.41, 5.74) is 5.37. The maximum absolute atomic E-state index is 13.8. The Hall–Kier alpha value is -4.36. The van der Waals surface area contributed by atoms with E-state index in [0.717, 1.165) is 77.0 Å². The van der Waals surface area contributed by atoms with Gasteiger partial charge in [-0.3, -0.25) is 38.4 Å². The first-order valence-corrected chi connectivity index (χ1v) is 31.3. The Morgan fingerprint density at radius 3 is 1.50 bits per heavy atom. The zero-order chi connectivity index (χ0) is 60.2. The summed E-state index contributed by atoms with van der Waals surface area (Å²) >= 11 is 0. The molecule has 0 aliphatic carbocycles. The second kappa shape index (κ2) is 47.2. The summed E-state index contributed by atoms with van der Waals surface area (Å²) in [6, 6.07) is -4.41. The number of amides is 4. The lowest BCUT2D eigenvalue weighted by molar-refractivity contribution is -0.275. The van der Waals surface area contributed by atoms with Gasteiger partial charge < -0.3 is 55.6 Å². The Bertz CT molecular complexity index is 1760. The van der Waals surface area contributed by atoms with Crippen LogP contribution in [-0.4, -0.2) is 119 Å². The van der Waals surface area contributed by atoms with Crippen molar-refractivity contribution in [3.8, 4) is 0 Å². The van der Waals surface area contributed by atoms with E-state index in [-0.39, 0.29) is 37.0 Å². The van der Waals surface area contributed by atoms with Gasteiger partial charge in [0, 0.05) is 26.2 Å². The predicted octanol–water partition coefficient (Wildman–Crippen LogP) is 10.4. The van der Waals surface area contributed by atoms with Crippen LogP contribution in [0.2, 0.25) is 1.41 Å². The van der Waals surface area contributed by atoms with Crippen LogP contribution in [0.25, 0.3) is 0 Å². The van der Waals surface area contributed by atoms with E-state index in [0.29, 0.717) is 19.3 Å². The molecule has 0 aromatic heterocycles. The van der Waals surface area contributed by atoms with Crippen LogP contribution in [-0.2, 0) is 62.0 Å². The molecule has 19 nitrogen and oxygen atoms in total. The number of ether oxygens (including phenoxy) is 5. The summed E-state index contributed by atoms with van der Waals surface area (Å²) in [6.07, 6.45) is 24.7. The molecular weight excluding hydrogens is 1030 g/mol. The third kappa shape index (κ3) is 36.9. The molecule has 464 valence electrons. The number of carboxylic acid groups (broad SMARTS) is 1. The minimum atomic E-state index is -1.77. The van der Waals surface area contributed by atoms with Crippen LogP contribution in [0.4, 0.5) is 0 Å². The summed E-state index contributed by atoms with van der Waals surface area (Å²) < 4.78 is 38.2. The minimum absolute atomic E-state index is 0.00524. The van der Waals surface area contributed by atoms with Gasteiger partial charge in [0.15, 0.2) is 1.41 Å². The number of nitrogens with two attached hydrogens (primary N) is 1. The monoisotopic (exact) mass is 1140 g/mol. The molecule has 0 bridgehead atoms. The number of hydrogen-bond donors (Lipinski definition) is 6. The fourth-order valence-electron chi connectivity index (χ4n) is 9.80. The largest absolute Gasteiger partial charge is 0.481 e. The van der Waals surface area contributed by atoms with E-state index in [4.69, 9.17) is 35.9 Å². The Balaban J connectivity index is 3.26. The van der Waals surface area contributed by atoms with Crippen LogP contribution in [0.3, 0.4) is 0 Å². The van der Waals surface area contributed by atoms with Gasteiger partial charge in [-0.15, -0.1) is 0 Å². The molecule has 4 amide bonds. The molecule has 19 heteroatoms. The molecule has 0 aromatic carbocycles. The number of aliphatic hydroxyl groups is 1. The van der Waals surface area contributed by atoms with E-state index in [1.54, 1.807) is 0 Å². The zero-order valence-electron chi connectivity index (χ0n) is 51.3. The maximum atomic E-state index is 13.8. The van der Waals surface area contributed by atoms with Crippen molar-refractivity contribution in [1.82, 2.24) is 15.9 Å². The Labute approximate surface area is 482 Å². The molecule has 1 unspecified atom stereocenters. The Morgan fingerprint density at radius 2 is 1.05 bits per heavy atom. The van der Waals surface area contributed by atoms with E-state index >= 15 is 0 Å². The summed E-state index contributed by atoms with van der Waals surface area (Å²) in [6.45, 7) is 9.58. The lowest BCUT2D eigenvalue weighted by Gasteiger charge is -2.44. The average molecular weight is 1140 g/mol. The normalized spacial score (nSPS) is 18.7. The second-order valence-corrected chi connectivity index (χ2v) is 22.2. The van der Waals surface area contributed by atoms with Crippen molar-refractivity contribution in [3.05, 3.63) is 0 Å². The molecule has 1 aliphatic rings. The highest BCUT2D eigenvalue weighted by molar-refractivity contribution is 5.92. The minimum Gasteiger partial charge on any atom is -0.481 e. The van der Waals surface area contributed by atoms with Crippen LogP contribution in [0.5, 0.6) is 0 Å². The number of hydrogen-bond acceptors (Lipinski definition) is 14. The molecule has 80 heavy (non-hydrogen) atoms. The third-order valence-electron chi connectivity index (χ3n) is 14.7. The predicted molar refractivity (Wildman–Crippen MR) is 308 cm³/mol. The molecule has 1 heterocycles. The molecule has 1 aliphatic heterocycles. The molecule has 7 N–H and O–H groups in total. The zero-order valence-corrected chi connectivity index (χ0v) is 50.3. The van der Waals surface area contributed by atoms with Crippen molar-refractivity contribution < 1.29 is 73.7 Å². The van der Waals surface area contributed by atoms with Crippen LogP contribution in [0.1, 0.15) is 279 Å². The fraction of sp³-hybridized carbons (Fsp3) is 0.869. The molecule has 0 aromatic rings. The van der Waals surface area contributed by atoms with Gasteiger partial charge in [-0.2, -0.15) is 0 Å². The van der Waals surface area contributed by atoms with Crippen LogP contribution >= 0.6 is 0 Å². The first-order valence-electron chi connectivity index (χ1n) is 31.7. The number of rotatable bonds is 51. The summed E-state index contributed by atoms with van der Waals surface area (Å²) in [5, 5.41) is 26.1. The van der Waals surface area contributed by atoms with Crippen molar-refractivity contribution in [1.29, 1.82) is 0 Å². The molecular formula is C61H110N4O15. The fourth-order valence-corrected chi connectivity index (χ4v) is 9.80. The number of primary amides is 1. The first kappa shape index (κ1) is 71.7. The molecule has 1 rings (SSSR count). The van der Waals surface area contributed by atoms with Crippen molar-refractivity contribution in [2.24, 2.45) is 5.73 Å². The maximum Gasteiger partial charge on any atom is 0.309 e. The van der Waals surface area contributed by atoms with Gasteiger partial charge in [0.25, 0.3) is 0 Å². The number of nitrogens with one attached hydrogen (secondary N) is 3. The highest BCUT2D eigenvalue weighted by Gasteiger charge is 2.50. The lowest BCUT2D eigenvalue weighted by atomic mass is 9.96. The number of carboxylic acids is 1. The Kier molecular flexibility index (Phi) is 42.3. The van der Waals surface area contributed by atoms with Gasteiger partial charge >= 0.3 is 23.9 Å².